The molecule has 0 aromatic heterocycles. The predicted octanol–water partition coefficient (Wildman–Crippen LogP) is 6.62. The highest BCUT2D eigenvalue weighted by molar-refractivity contribution is 5.32. The van der Waals surface area contributed by atoms with Crippen LogP contribution in [0.4, 0.5) is 0 Å². The van der Waals surface area contributed by atoms with Gasteiger partial charge in [0.15, 0.2) is 0 Å². The first-order valence-electron chi connectivity index (χ1n) is 9.42. The molecule has 120 valence electrons. The maximum Gasteiger partial charge on any atom is -0.00143 e. The first kappa shape index (κ1) is 15.8. The van der Waals surface area contributed by atoms with Gasteiger partial charge in [-0.2, -0.15) is 0 Å². The van der Waals surface area contributed by atoms with Crippen LogP contribution in [-0.4, -0.2) is 0 Å². The molecule has 3 rings (SSSR count). The molecule has 22 heavy (non-hydrogen) atoms. The average Bonchev–Trinajstić information content (AvgIpc) is 2.53. The van der Waals surface area contributed by atoms with Crippen molar-refractivity contribution in [2.24, 2.45) is 23.2 Å². The van der Waals surface area contributed by atoms with E-state index in [-0.39, 0.29) is 0 Å². The lowest BCUT2D eigenvalue weighted by molar-refractivity contribution is -0.00952. The first-order valence-corrected chi connectivity index (χ1v) is 9.42. The second-order valence-electron chi connectivity index (χ2n) is 7.70. The number of fused-ring (bicyclic) bond motifs is 2. The van der Waals surface area contributed by atoms with Crippen LogP contribution in [0.2, 0.25) is 0 Å². The molecule has 0 bridgehead atoms. The van der Waals surface area contributed by atoms with Crippen LogP contribution in [0.3, 0.4) is 0 Å². The lowest BCUT2D eigenvalue weighted by Gasteiger charge is -2.58. The summed E-state index contributed by atoms with van der Waals surface area (Å²) in [5.74, 6) is 2.53. The van der Waals surface area contributed by atoms with E-state index in [0.717, 1.165) is 17.8 Å². The highest BCUT2D eigenvalue weighted by Gasteiger charge is 2.53. The molecule has 0 amide bonds. The van der Waals surface area contributed by atoms with Crippen molar-refractivity contribution in [3.63, 3.8) is 0 Å². The summed E-state index contributed by atoms with van der Waals surface area (Å²) >= 11 is 0. The molecule has 3 aliphatic rings. The molecular formula is C22H32. The SMILES string of the molecule is C=CCCCCC1CC2(C/C=C\C=C/C3CCCC=C32)C1C. The van der Waals surface area contributed by atoms with Crippen LogP contribution in [0, 0.1) is 23.2 Å². The van der Waals surface area contributed by atoms with Crippen molar-refractivity contribution in [3.8, 4) is 0 Å². The molecule has 1 saturated carbocycles. The molecule has 0 N–H and O–H groups in total. The van der Waals surface area contributed by atoms with Crippen molar-refractivity contribution in [3.05, 3.63) is 48.6 Å². The Balaban J connectivity index is 1.69. The predicted molar refractivity (Wildman–Crippen MR) is 96.7 cm³/mol. The van der Waals surface area contributed by atoms with Crippen molar-refractivity contribution in [1.82, 2.24) is 0 Å². The maximum absolute atomic E-state index is 3.84. The fourth-order valence-electron chi connectivity index (χ4n) is 5.17. The molecule has 4 atom stereocenters. The summed E-state index contributed by atoms with van der Waals surface area (Å²) < 4.78 is 0. The Morgan fingerprint density at radius 2 is 2.23 bits per heavy atom. The third-order valence-electron chi connectivity index (χ3n) is 6.57. The summed E-state index contributed by atoms with van der Waals surface area (Å²) in [5, 5.41) is 0. The van der Waals surface area contributed by atoms with Crippen LogP contribution >= 0.6 is 0 Å². The Bertz CT molecular complexity index is 478. The van der Waals surface area contributed by atoms with E-state index in [1.54, 1.807) is 5.57 Å². The van der Waals surface area contributed by atoms with E-state index >= 15 is 0 Å². The highest BCUT2D eigenvalue weighted by atomic mass is 14.6. The Hall–Kier alpha value is -1.04. The van der Waals surface area contributed by atoms with Crippen LogP contribution < -0.4 is 0 Å². The molecule has 0 aromatic rings. The number of hydrogen-bond acceptors (Lipinski definition) is 0. The van der Waals surface area contributed by atoms with Crippen LogP contribution in [-0.2, 0) is 0 Å². The monoisotopic (exact) mass is 296 g/mol. The summed E-state index contributed by atoms with van der Waals surface area (Å²) in [6.07, 6.45) is 26.2. The van der Waals surface area contributed by atoms with Gasteiger partial charge >= 0.3 is 0 Å². The zero-order chi connectivity index (χ0) is 15.4. The van der Waals surface area contributed by atoms with Crippen LogP contribution in [0.25, 0.3) is 0 Å². The van der Waals surface area contributed by atoms with Crippen LogP contribution in [0.15, 0.2) is 48.6 Å². The topological polar surface area (TPSA) is 0 Å². The Kier molecular flexibility index (Phi) is 5.06. The van der Waals surface area contributed by atoms with E-state index in [0.29, 0.717) is 5.41 Å². The molecule has 0 aromatic carbocycles. The van der Waals surface area contributed by atoms with E-state index in [1.807, 2.05) is 0 Å². The van der Waals surface area contributed by atoms with Gasteiger partial charge in [-0.25, -0.2) is 0 Å². The minimum absolute atomic E-state index is 0.495. The molecule has 1 spiro atoms. The van der Waals surface area contributed by atoms with Gasteiger partial charge in [0.05, 0.1) is 0 Å². The zero-order valence-electron chi connectivity index (χ0n) is 14.3. The van der Waals surface area contributed by atoms with Gasteiger partial charge in [-0.15, -0.1) is 6.58 Å². The van der Waals surface area contributed by atoms with Crippen LogP contribution in [0.5, 0.6) is 0 Å². The number of allylic oxidation sites excluding steroid dienone is 7. The Morgan fingerprint density at radius 3 is 3.05 bits per heavy atom. The third kappa shape index (κ3) is 2.90. The van der Waals surface area contributed by atoms with Gasteiger partial charge in [-0.1, -0.05) is 61.8 Å². The van der Waals surface area contributed by atoms with Gasteiger partial charge in [0, 0.05) is 0 Å². The van der Waals surface area contributed by atoms with Crippen LogP contribution in [0.1, 0.15) is 64.7 Å². The minimum atomic E-state index is 0.495. The molecule has 1 fully saturated rings. The van der Waals surface area contributed by atoms with E-state index in [1.165, 1.54) is 57.8 Å². The van der Waals surface area contributed by atoms with Gasteiger partial charge in [-0.05, 0) is 68.1 Å². The van der Waals surface area contributed by atoms with Crippen molar-refractivity contribution in [2.45, 2.75) is 64.7 Å². The number of unbranched alkanes of at least 4 members (excludes halogenated alkanes) is 2. The first-order chi connectivity index (χ1) is 10.8. The molecule has 0 aliphatic heterocycles. The molecular weight excluding hydrogens is 264 g/mol. The van der Waals surface area contributed by atoms with Gasteiger partial charge in [0.25, 0.3) is 0 Å². The Labute approximate surface area is 137 Å². The van der Waals surface area contributed by atoms with Crippen molar-refractivity contribution in [1.29, 1.82) is 0 Å². The lowest BCUT2D eigenvalue weighted by atomic mass is 9.46. The third-order valence-corrected chi connectivity index (χ3v) is 6.57. The van der Waals surface area contributed by atoms with Crippen molar-refractivity contribution < 1.29 is 0 Å². The molecule has 3 aliphatic carbocycles. The summed E-state index contributed by atoms with van der Waals surface area (Å²) in [4.78, 5) is 0. The van der Waals surface area contributed by atoms with E-state index in [4.69, 9.17) is 0 Å². The summed E-state index contributed by atoms with van der Waals surface area (Å²) in [5.41, 5.74) is 2.30. The van der Waals surface area contributed by atoms with Gasteiger partial charge in [-0.3, -0.25) is 0 Å². The van der Waals surface area contributed by atoms with Crippen molar-refractivity contribution in [2.75, 3.05) is 0 Å². The fraction of sp³-hybridized carbons (Fsp3) is 0.636. The Morgan fingerprint density at radius 1 is 1.32 bits per heavy atom. The molecule has 4 unspecified atom stereocenters. The van der Waals surface area contributed by atoms with E-state index in [2.05, 4.69) is 50.0 Å². The summed E-state index contributed by atoms with van der Waals surface area (Å²) in [6, 6.07) is 0. The smallest absolute Gasteiger partial charge is 0.00143 e. The van der Waals surface area contributed by atoms with Gasteiger partial charge in [0.2, 0.25) is 0 Å². The second kappa shape index (κ2) is 7.02. The molecule has 0 heterocycles. The van der Waals surface area contributed by atoms with E-state index < -0.39 is 0 Å². The highest BCUT2D eigenvalue weighted by Crippen LogP contribution is 2.62. The standard InChI is InChI=1S/C22H32/c1-3-4-5-7-14-20-17-22(18(20)2)16-11-6-8-12-19-13-9-10-15-21(19)22/h3,6,8,11-12,15,18-20H,1,4-5,7,9-10,13-14,16-17H2,2H3/b11-6-,12-8-. The van der Waals surface area contributed by atoms with Crippen molar-refractivity contribution >= 4 is 0 Å². The van der Waals surface area contributed by atoms with Gasteiger partial charge in [0.1, 0.15) is 0 Å². The lowest BCUT2D eigenvalue weighted by Crippen LogP contribution is -2.49. The van der Waals surface area contributed by atoms with E-state index in [9.17, 15) is 0 Å². The summed E-state index contributed by atoms with van der Waals surface area (Å²) in [6.45, 7) is 6.37. The second-order valence-corrected chi connectivity index (χ2v) is 7.70. The largest absolute Gasteiger partial charge is 0.103 e. The minimum Gasteiger partial charge on any atom is -0.103 e. The average molecular weight is 296 g/mol. The molecule has 0 radical (unpaired) electrons. The number of hydrogen-bond donors (Lipinski definition) is 0. The molecule has 0 nitrogen and oxygen atoms in total. The maximum atomic E-state index is 3.84. The quantitative estimate of drug-likeness (QED) is 0.395. The molecule has 0 saturated heterocycles. The normalized spacial score (nSPS) is 39.9. The zero-order valence-corrected chi connectivity index (χ0v) is 14.3. The number of rotatable bonds is 5. The molecule has 0 heteroatoms. The van der Waals surface area contributed by atoms with Gasteiger partial charge < -0.3 is 0 Å². The summed E-state index contributed by atoms with van der Waals surface area (Å²) in [7, 11) is 0. The fourth-order valence-corrected chi connectivity index (χ4v) is 5.17.